The molecule has 3 aromatic heterocycles. The van der Waals surface area contributed by atoms with E-state index in [-0.39, 0.29) is 11.6 Å². The zero-order chi connectivity index (χ0) is 18.9. The Morgan fingerprint density at radius 1 is 1.14 bits per heavy atom. The summed E-state index contributed by atoms with van der Waals surface area (Å²) in [6.45, 7) is 1.60. The number of thiazole rings is 1. The second kappa shape index (κ2) is 7.47. The monoisotopic (exact) mass is 393 g/mol. The van der Waals surface area contributed by atoms with Gasteiger partial charge in [0.15, 0.2) is 5.13 Å². The van der Waals surface area contributed by atoms with E-state index in [4.69, 9.17) is 4.98 Å². The fraction of sp³-hybridized carbons (Fsp3) is 0.429. The maximum absolute atomic E-state index is 12.4. The van der Waals surface area contributed by atoms with Crippen molar-refractivity contribution in [2.45, 2.75) is 51.1 Å². The van der Waals surface area contributed by atoms with E-state index in [0.29, 0.717) is 6.54 Å². The third-order valence-corrected chi connectivity index (χ3v) is 6.86. The molecule has 0 radical (unpaired) electrons. The summed E-state index contributed by atoms with van der Waals surface area (Å²) < 4.78 is 1.61. The summed E-state index contributed by atoms with van der Waals surface area (Å²) in [5.74, 6) is 0. The first kappa shape index (κ1) is 17.6. The maximum Gasteiger partial charge on any atom is 0.266 e. The summed E-state index contributed by atoms with van der Waals surface area (Å²) in [6, 6.07) is 7.50. The Labute approximate surface area is 167 Å². The molecule has 0 amide bonds. The lowest BCUT2D eigenvalue weighted by atomic mass is 10.0. The Kier molecular flexibility index (Phi) is 4.68. The topological polar surface area (TPSA) is 63.9 Å². The lowest BCUT2D eigenvalue weighted by Crippen LogP contribution is -2.37. The van der Waals surface area contributed by atoms with Crippen molar-refractivity contribution >= 4 is 16.5 Å². The van der Waals surface area contributed by atoms with Gasteiger partial charge in [0.2, 0.25) is 0 Å². The highest BCUT2D eigenvalue weighted by atomic mass is 32.1. The molecule has 6 nitrogen and oxygen atoms in total. The van der Waals surface area contributed by atoms with E-state index in [1.807, 2.05) is 23.5 Å². The van der Waals surface area contributed by atoms with Gasteiger partial charge in [0.1, 0.15) is 0 Å². The van der Waals surface area contributed by atoms with Crippen LogP contribution in [0.2, 0.25) is 0 Å². The van der Waals surface area contributed by atoms with E-state index in [9.17, 15) is 4.79 Å². The van der Waals surface area contributed by atoms with Crippen LogP contribution < -0.4 is 10.5 Å². The molecule has 1 aliphatic carbocycles. The molecule has 0 spiro atoms. The van der Waals surface area contributed by atoms with Crippen molar-refractivity contribution in [2.24, 2.45) is 0 Å². The fourth-order valence-electron chi connectivity index (χ4n) is 4.19. The van der Waals surface area contributed by atoms with E-state index in [1.165, 1.54) is 29.8 Å². The molecule has 144 valence electrons. The second-order valence-corrected chi connectivity index (χ2v) is 8.61. The van der Waals surface area contributed by atoms with Gasteiger partial charge in [-0.3, -0.25) is 9.78 Å². The van der Waals surface area contributed by atoms with E-state index in [2.05, 4.69) is 15.0 Å². The van der Waals surface area contributed by atoms with Crippen LogP contribution in [0, 0.1) is 0 Å². The Morgan fingerprint density at radius 2 is 2.07 bits per heavy atom. The van der Waals surface area contributed by atoms with Gasteiger partial charge in [0.25, 0.3) is 5.56 Å². The summed E-state index contributed by atoms with van der Waals surface area (Å²) >= 11 is 1.85. The van der Waals surface area contributed by atoms with E-state index in [1.54, 1.807) is 29.2 Å². The van der Waals surface area contributed by atoms with Crippen molar-refractivity contribution in [1.29, 1.82) is 0 Å². The standard InChI is InChI=1S/C21H23N5OS/c27-20-10-9-17(15-5-3-11-22-13-15)24-26(20)14-16-6-4-12-25(16)21-23-18-7-1-2-8-19(18)28-21/h3,5,9-11,13,16H,1-2,4,6-8,12,14H2. The SMILES string of the molecule is O=c1ccc(-c2cccnc2)nn1CC1CCCN1c1nc2c(s1)CCCC2. The van der Waals surface area contributed by atoms with Gasteiger partial charge in [0, 0.05) is 35.4 Å². The molecule has 1 unspecified atom stereocenters. The van der Waals surface area contributed by atoms with Gasteiger partial charge >= 0.3 is 0 Å². The number of hydrogen-bond donors (Lipinski definition) is 0. The molecular weight excluding hydrogens is 370 g/mol. The number of anilines is 1. The highest BCUT2D eigenvalue weighted by Crippen LogP contribution is 2.35. The van der Waals surface area contributed by atoms with E-state index in [0.717, 1.165) is 42.2 Å². The normalized spacial score (nSPS) is 19.0. The first-order chi connectivity index (χ1) is 13.8. The zero-order valence-corrected chi connectivity index (χ0v) is 16.6. The average molecular weight is 394 g/mol. The lowest BCUT2D eigenvalue weighted by molar-refractivity contribution is 0.490. The molecule has 3 aromatic rings. The number of hydrogen-bond acceptors (Lipinski definition) is 6. The first-order valence-corrected chi connectivity index (χ1v) is 10.8. The minimum absolute atomic E-state index is 0.0575. The number of rotatable bonds is 4. The van der Waals surface area contributed by atoms with Crippen LogP contribution in [0.3, 0.4) is 0 Å². The lowest BCUT2D eigenvalue weighted by Gasteiger charge is -2.24. The van der Waals surface area contributed by atoms with Crippen LogP contribution in [-0.2, 0) is 19.4 Å². The van der Waals surface area contributed by atoms with Gasteiger partial charge in [-0.2, -0.15) is 5.10 Å². The smallest absolute Gasteiger partial charge is 0.266 e. The average Bonchev–Trinajstić information content (AvgIpc) is 3.36. The van der Waals surface area contributed by atoms with Gasteiger partial charge < -0.3 is 4.90 Å². The van der Waals surface area contributed by atoms with Crippen LogP contribution in [-0.4, -0.2) is 32.3 Å². The number of nitrogens with zero attached hydrogens (tertiary/aromatic N) is 5. The predicted octanol–water partition coefficient (Wildman–Crippen LogP) is 3.31. The molecule has 2 aliphatic rings. The highest BCUT2D eigenvalue weighted by molar-refractivity contribution is 7.15. The zero-order valence-electron chi connectivity index (χ0n) is 15.8. The van der Waals surface area contributed by atoms with Crippen LogP contribution in [0.15, 0.2) is 41.5 Å². The summed E-state index contributed by atoms with van der Waals surface area (Å²) in [5, 5.41) is 5.75. The maximum atomic E-state index is 12.4. The Hall–Kier alpha value is -2.54. The highest BCUT2D eigenvalue weighted by Gasteiger charge is 2.29. The molecule has 4 heterocycles. The molecule has 28 heavy (non-hydrogen) atoms. The number of aryl methyl sites for hydroxylation is 2. The van der Waals surface area contributed by atoms with E-state index >= 15 is 0 Å². The van der Waals surface area contributed by atoms with Gasteiger partial charge in [-0.1, -0.05) is 0 Å². The van der Waals surface area contributed by atoms with Crippen molar-refractivity contribution in [3.63, 3.8) is 0 Å². The Bertz CT molecular complexity index is 1010. The first-order valence-electron chi connectivity index (χ1n) is 10.0. The van der Waals surface area contributed by atoms with Gasteiger partial charge in [0.05, 0.1) is 24.0 Å². The molecule has 0 bridgehead atoms. The largest absolute Gasteiger partial charge is 0.343 e. The molecule has 0 N–H and O–H groups in total. The van der Waals surface area contributed by atoms with Crippen molar-refractivity contribution in [1.82, 2.24) is 19.7 Å². The van der Waals surface area contributed by atoms with Crippen LogP contribution in [0.4, 0.5) is 5.13 Å². The Morgan fingerprint density at radius 3 is 2.93 bits per heavy atom. The third kappa shape index (κ3) is 3.35. The molecule has 1 aliphatic heterocycles. The van der Waals surface area contributed by atoms with Crippen LogP contribution in [0.25, 0.3) is 11.3 Å². The number of fused-ring (bicyclic) bond motifs is 1. The quantitative estimate of drug-likeness (QED) is 0.680. The van der Waals surface area contributed by atoms with Crippen molar-refractivity contribution in [3.8, 4) is 11.3 Å². The molecule has 0 saturated carbocycles. The van der Waals surface area contributed by atoms with Gasteiger partial charge in [-0.15, -0.1) is 11.3 Å². The van der Waals surface area contributed by atoms with Crippen LogP contribution in [0.5, 0.6) is 0 Å². The molecule has 1 atom stereocenters. The van der Waals surface area contributed by atoms with Crippen molar-refractivity contribution in [3.05, 3.63) is 57.6 Å². The molecular formula is C21H23N5OS. The van der Waals surface area contributed by atoms with Crippen molar-refractivity contribution < 1.29 is 0 Å². The summed E-state index contributed by atoms with van der Waals surface area (Å²) in [6.07, 6.45) is 10.5. The van der Waals surface area contributed by atoms with Crippen LogP contribution >= 0.6 is 11.3 Å². The van der Waals surface area contributed by atoms with Crippen LogP contribution in [0.1, 0.15) is 36.3 Å². The summed E-state index contributed by atoms with van der Waals surface area (Å²) in [5.41, 5.74) is 2.94. The third-order valence-electron chi connectivity index (χ3n) is 5.66. The number of pyridine rings is 1. The van der Waals surface area contributed by atoms with E-state index < -0.39 is 0 Å². The second-order valence-electron chi connectivity index (χ2n) is 7.54. The Balaban J connectivity index is 1.41. The fourth-order valence-corrected chi connectivity index (χ4v) is 5.43. The van der Waals surface area contributed by atoms with Crippen molar-refractivity contribution in [2.75, 3.05) is 11.4 Å². The van der Waals surface area contributed by atoms with Gasteiger partial charge in [-0.05, 0) is 56.7 Å². The molecule has 7 heteroatoms. The molecule has 1 saturated heterocycles. The summed E-state index contributed by atoms with van der Waals surface area (Å²) in [7, 11) is 0. The molecule has 0 aromatic carbocycles. The minimum Gasteiger partial charge on any atom is -0.343 e. The summed E-state index contributed by atoms with van der Waals surface area (Å²) in [4.78, 5) is 25.4. The minimum atomic E-state index is -0.0575. The molecule has 5 rings (SSSR count). The van der Waals surface area contributed by atoms with Gasteiger partial charge in [-0.25, -0.2) is 9.67 Å². The predicted molar refractivity (Wildman–Crippen MR) is 111 cm³/mol. The molecule has 1 fully saturated rings. The number of aromatic nitrogens is 4.